The van der Waals surface area contributed by atoms with Gasteiger partial charge in [-0.1, -0.05) is 39.0 Å². The smallest absolute Gasteiger partial charge is 0.109 e. The molecule has 0 aromatic rings. The second-order valence-corrected chi connectivity index (χ2v) is 5.36. The first-order valence-electron chi connectivity index (χ1n) is 6.97. The van der Waals surface area contributed by atoms with Crippen molar-refractivity contribution >= 4 is 12.4 Å². The Morgan fingerprint density at radius 1 is 1.11 bits per heavy atom. The molecule has 116 valence electrons. The molecule has 1 aliphatic rings. The minimum Gasteiger partial charge on any atom is -0.394 e. The lowest BCUT2D eigenvalue weighted by molar-refractivity contribution is -0.135. The summed E-state index contributed by atoms with van der Waals surface area (Å²) in [6.45, 7) is 2.12. The number of nitrogens with one attached hydrogen (secondary N) is 1. The first kappa shape index (κ1) is 19.1. The molecule has 0 spiro atoms. The lowest BCUT2D eigenvalue weighted by Gasteiger charge is -2.45. The van der Waals surface area contributed by atoms with Gasteiger partial charge in [0.2, 0.25) is 0 Å². The summed E-state index contributed by atoms with van der Waals surface area (Å²) in [5, 5.41) is 41.7. The van der Waals surface area contributed by atoms with Gasteiger partial charge in [0, 0.05) is 6.54 Å². The van der Waals surface area contributed by atoms with Gasteiger partial charge in [-0.25, -0.2) is 0 Å². The van der Waals surface area contributed by atoms with E-state index in [-0.39, 0.29) is 25.6 Å². The molecule has 19 heavy (non-hydrogen) atoms. The molecule has 1 rings (SSSR count). The van der Waals surface area contributed by atoms with Gasteiger partial charge in [0.25, 0.3) is 0 Å². The monoisotopic (exact) mass is 297 g/mol. The predicted molar refractivity (Wildman–Crippen MR) is 76.5 cm³/mol. The molecule has 0 amide bonds. The Balaban J connectivity index is 0.00000324. The fourth-order valence-electron chi connectivity index (χ4n) is 2.58. The molecular weight excluding hydrogens is 270 g/mol. The number of β-amino-alcohol motifs (C(OH)–C–C–N with tert-alkyl or cyclic N) is 1. The number of hydrogen-bond donors (Lipinski definition) is 5. The van der Waals surface area contributed by atoms with Crippen LogP contribution in [-0.2, 0) is 0 Å². The molecule has 0 radical (unpaired) electrons. The molecule has 0 saturated carbocycles. The fraction of sp³-hybridized carbons (Fsp3) is 1.00. The third kappa shape index (κ3) is 4.85. The Kier molecular flexibility index (Phi) is 9.15. The van der Waals surface area contributed by atoms with Gasteiger partial charge >= 0.3 is 0 Å². The van der Waals surface area contributed by atoms with E-state index >= 15 is 0 Å². The minimum atomic E-state index is -1.19. The number of aliphatic hydroxyl groups is 4. The minimum absolute atomic E-state index is 0. The number of hydrogen-bond acceptors (Lipinski definition) is 5. The highest BCUT2D eigenvalue weighted by Crippen LogP contribution is 2.26. The molecule has 1 aliphatic heterocycles. The Morgan fingerprint density at radius 2 is 1.74 bits per heavy atom. The summed E-state index contributed by atoms with van der Waals surface area (Å²) in [7, 11) is 0. The molecule has 1 saturated heterocycles. The number of aliphatic hydroxyl groups excluding tert-OH is 4. The second kappa shape index (κ2) is 9.10. The summed E-state index contributed by atoms with van der Waals surface area (Å²) in [5.41, 5.74) is -0.870. The zero-order valence-corrected chi connectivity index (χ0v) is 12.4. The molecule has 0 aromatic carbocycles. The lowest BCUT2D eigenvalue weighted by atomic mass is 9.79. The van der Waals surface area contributed by atoms with Gasteiger partial charge in [-0.3, -0.25) is 0 Å². The summed E-state index contributed by atoms with van der Waals surface area (Å²) >= 11 is 0. The Hall–Kier alpha value is 0.0900. The van der Waals surface area contributed by atoms with Crippen LogP contribution in [0.2, 0.25) is 0 Å². The Morgan fingerprint density at radius 3 is 2.32 bits per heavy atom. The molecule has 1 heterocycles. The fourth-order valence-corrected chi connectivity index (χ4v) is 2.58. The molecule has 6 heteroatoms. The average molecular weight is 298 g/mol. The number of piperidine rings is 1. The number of rotatable bonds is 7. The zero-order chi connectivity index (χ0) is 13.6. The van der Waals surface area contributed by atoms with Gasteiger partial charge in [-0.15, -0.1) is 12.4 Å². The van der Waals surface area contributed by atoms with Crippen molar-refractivity contribution in [1.29, 1.82) is 0 Å². The van der Waals surface area contributed by atoms with Crippen molar-refractivity contribution in [3.8, 4) is 0 Å². The topological polar surface area (TPSA) is 93.0 Å². The maximum atomic E-state index is 10.0. The predicted octanol–water partition coefficient (Wildman–Crippen LogP) is 0.186. The van der Waals surface area contributed by atoms with Gasteiger partial charge in [-0.2, -0.15) is 0 Å². The van der Waals surface area contributed by atoms with Crippen LogP contribution in [0, 0.1) is 0 Å². The van der Waals surface area contributed by atoms with Crippen LogP contribution in [-0.4, -0.2) is 57.4 Å². The Labute approximate surface area is 121 Å². The summed E-state index contributed by atoms with van der Waals surface area (Å²) in [6.07, 6.45) is 2.81. The maximum absolute atomic E-state index is 10.0. The van der Waals surface area contributed by atoms with Crippen molar-refractivity contribution in [2.75, 3.05) is 13.2 Å². The van der Waals surface area contributed by atoms with Gasteiger partial charge in [0.1, 0.15) is 12.2 Å². The molecule has 1 fully saturated rings. The molecule has 0 aromatic heterocycles. The second-order valence-electron chi connectivity index (χ2n) is 5.36. The van der Waals surface area contributed by atoms with Gasteiger partial charge in [0.15, 0.2) is 0 Å². The first-order chi connectivity index (χ1) is 8.57. The van der Waals surface area contributed by atoms with Crippen molar-refractivity contribution in [2.24, 2.45) is 0 Å². The largest absolute Gasteiger partial charge is 0.394 e. The summed E-state index contributed by atoms with van der Waals surface area (Å²) in [4.78, 5) is 0. The van der Waals surface area contributed by atoms with E-state index in [1.54, 1.807) is 0 Å². The standard InChI is InChI=1S/C13H27NO4.ClH/c1-2-3-4-5-6-7-13(9-15)12(18)11(17)10(16)8-14-13;/h10-12,14-18H,2-9H2,1H3;1H/t10-,11+,12-,13-;/m0./s1. The van der Waals surface area contributed by atoms with E-state index in [1.807, 2.05) is 0 Å². The van der Waals surface area contributed by atoms with Gasteiger partial charge in [0.05, 0.1) is 18.2 Å². The number of unbranched alkanes of at least 4 members (excludes halogenated alkanes) is 4. The summed E-state index contributed by atoms with van der Waals surface area (Å²) in [5.74, 6) is 0. The molecule has 4 atom stereocenters. The lowest BCUT2D eigenvalue weighted by Crippen LogP contribution is -2.69. The molecule has 5 N–H and O–H groups in total. The number of halogens is 1. The average Bonchev–Trinajstić information content (AvgIpc) is 2.39. The van der Waals surface area contributed by atoms with Crippen LogP contribution in [0.25, 0.3) is 0 Å². The molecular formula is C13H28ClNO4. The third-order valence-corrected chi connectivity index (χ3v) is 3.96. The van der Waals surface area contributed by atoms with Crippen LogP contribution >= 0.6 is 12.4 Å². The van der Waals surface area contributed by atoms with Gasteiger partial charge in [-0.05, 0) is 6.42 Å². The SMILES string of the molecule is CCCCCCC[C@@]1(CO)NC[C@H](O)[C@@H](O)[C@@H]1O.Cl. The molecule has 0 bridgehead atoms. The van der Waals surface area contributed by atoms with E-state index in [2.05, 4.69) is 12.2 Å². The van der Waals surface area contributed by atoms with E-state index < -0.39 is 23.9 Å². The van der Waals surface area contributed by atoms with Crippen LogP contribution < -0.4 is 5.32 Å². The van der Waals surface area contributed by atoms with Crippen molar-refractivity contribution in [2.45, 2.75) is 69.3 Å². The summed E-state index contributed by atoms with van der Waals surface area (Å²) in [6, 6.07) is 0. The summed E-state index contributed by atoms with van der Waals surface area (Å²) < 4.78 is 0. The molecule has 0 unspecified atom stereocenters. The van der Waals surface area contributed by atoms with E-state index in [0.29, 0.717) is 6.42 Å². The maximum Gasteiger partial charge on any atom is 0.109 e. The van der Waals surface area contributed by atoms with E-state index in [1.165, 1.54) is 12.8 Å². The van der Waals surface area contributed by atoms with Crippen LogP contribution in [0.3, 0.4) is 0 Å². The van der Waals surface area contributed by atoms with E-state index in [0.717, 1.165) is 19.3 Å². The quantitative estimate of drug-likeness (QED) is 0.433. The molecule has 5 nitrogen and oxygen atoms in total. The highest BCUT2D eigenvalue weighted by molar-refractivity contribution is 5.85. The highest BCUT2D eigenvalue weighted by atomic mass is 35.5. The zero-order valence-electron chi connectivity index (χ0n) is 11.6. The van der Waals surface area contributed by atoms with E-state index in [4.69, 9.17) is 0 Å². The van der Waals surface area contributed by atoms with Crippen LogP contribution in [0.4, 0.5) is 0 Å². The third-order valence-electron chi connectivity index (χ3n) is 3.96. The van der Waals surface area contributed by atoms with Gasteiger partial charge < -0.3 is 25.7 Å². The van der Waals surface area contributed by atoms with Crippen LogP contribution in [0.15, 0.2) is 0 Å². The highest BCUT2D eigenvalue weighted by Gasteiger charge is 2.46. The van der Waals surface area contributed by atoms with Crippen molar-refractivity contribution in [3.63, 3.8) is 0 Å². The van der Waals surface area contributed by atoms with Crippen molar-refractivity contribution < 1.29 is 20.4 Å². The van der Waals surface area contributed by atoms with Crippen molar-refractivity contribution in [1.82, 2.24) is 5.32 Å². The van der Waals surface area contributed by atoms with E-state index in [9.17, 15) is 20.4 Å². The first-order valence-corrected chi connectivity index (χ1v) is 6.97. The Bertz CT molecular complexity index is 245. The normalized spacial score (nSPS) is 34.9. The van der Waals surface area contributed by atoms with Crippen LogP contribution in [0.1, 0.15) is 45.4 Å². The van der Waals surface area contributed by atoms with Crippen molar-refractivity contribution in [3.05, 3.63) is 0 Å². The molecule has 0 aliphatic carbocycles. The van der Waals surface area contributed by atoms with Crippen LogP contribution in [0.5, 0.6) is 0 Å².